The normalized spacial score (nSPS) is 12.9. The standard InChI is InChI=1S/C17H16BrN3OS.C2HF3O2/c18-15-12-8-19-9-14(12)23-16(15)17(22)20-6-5-11-7-10-3-1-2-4-13(10)21-11;3-2(4,5)1(6)7/h1-4,7,19,21H,5-6,8-9H2,(H,20,22);(H,6,7). The number of nitrogens with one attached hydrogen (secondary N) is 3. The molecule has 160 valence electrons. The number of hydrogen-bond acceptors (Lipinski definition) is 4. The molecule has 4 N–H and O–H groups in total. The summed E-state index contributed by atoms with van der Waals surface area (Å²) in [6.07, 6.45) is -4.29. The number of carboxylic acid groups (broad SMARTS) is 1. The summed E-state index contributed by atoms with van der Waals surface area (Å²) in [5.41, 5.74) is 3.51. The molecule has 1 aliphatic heterocycles. The Bertz CT molecular complexity index is 1050. The van der Waals surface area contributed by atoms with Gasteiger partial charge in [-0.15, -0.1) is 11.3 Å². The summed E-state index contributed by atoms with van der Waals surface area (Å²) in [5, 5.41) is 14.7. The SMILES string of the molecule is O=C(NCCc1cc2ccccc2[nH]1)c1sc2c(c1Br)CNC2.O=C(O)C(F)(F)F. The van der Waals surface area contributed by atoms with Crippen molar-refractivity contribution in [3.63, 3.8) is 0 Å². The number of carbonyl (C=O) groups is 2. The first kappa shape index (κ1) is 22.3. The second-order valence-electron chi connectivity index (χ2n) is 6.44. The summed E-state index contributed by atoms with van der Waals surface area (Å²) in [4.78, 5) is 26.7. The van der Waals surface area contributed by atoms with E-state index in [0.717, 1.165) is 40.1 Å². The van der Waals surface area contributed by atoms with Crippen molar-refractivity contribution < 1.29 is 27.9 Å². The topological polar surface area (TPSA) is 94.2 Å². The van der Waals surface area contributed by atoms with Crippen molar-refractivity contribution >= 4 is 50.0 Å². The van der Waals surface area contributed by atoms with Crippen LogP contribution in [0.15, 0.2) is 34.8 Å². The van der Waals surface area contributed by atoms with Gasteiger partial charge in [-0.25, -0.2) is 4.79 Å². The summed E-state index contributed by atoms with van der Waals surface area (Å²) in [5.74, 6) is -2.75. The second-order valence-corrected chi connectivity index (χ2v) is 8.34. The quantitative estimate of drug-likeness (QED) is 0.429. The highest BCUT2D eigenvalue weighted by Crippen LogP contribution is 2.35. The predicted molar refractivity (Wildman–Crippen MR) is 111 cm³/mol. The third kappa shape index (κ3) is 5.21. The maximum atomic E-state index is 12.4. The van der Waals surface area contributed by atoms with Gasteiger partial charge in [-0.05, 0) is 39.0 Å². The Kier molecular flexibility index (Phi) is 6.84. The van der Waals surface area contributed by atoms with Gasteiger partial charge in [-0.2, -0.15) is 13.2 Å². The van der Waals surface area contributed by atoms with Crippen molar-refractivity contribution in [2.45, 2.75) is 25.7 Å². The zero-order valence-corrected chi connectivity index (χ0v) is 17.8. The lowest BCUT2D eigenvalue weighted by Crippen LogP contribution is -2.25. The fourth-order valence-electron chi connectivity index (χ4n) is 2.91. The fraction of sp³-hybridized carbons (Fsp3) is 0.263. The minimum Gasteiger partial charge on any atom is -0.475 e. The van der Waals surface area contributed by atoms with Crippen LogP contribution in [0.4, 0.5) is 13.2 Å². The lowest BCUT2D eigenvalue weighted by Gasteiger charge is -2.04. The molecule has 1 aromatic carbocycles. The summed E-state index contributed by atoms with van der Waals surface area (Å²) in [6, 6.07) is 10.3. The molecule has 2 aromatic heterocycles. The molecule has 0 fully saturated rings. The highest BCUT2D eigenvalue weighted by molar-refractivity contribution is 9.10. The van der Waals surface area contributed by atoms with Crippen LogP contribution in [0.25, 0.3) is 10.9 Å². The number of aromatic amines is 1. The molecular formula is C19H17BrF3N3O3S. The van der Waals surface area contributed by atoms with E-state index in [4.69, 9.17) is 9.90 Å². The molecule has 0 bridgehead atoms. The number of aliphatic carboxylic acids is 1. The van der Waals surface area contributed by atoms with Crippen LogP contribution < -0.4 is 10.6 Å². The van der Waals surface area contributed by atoms with Gasteiger partial charge in [-0.3, -0.25) is 4.79 Å². The lowest BCUT2D eigenvalue weighted by atomic mass is 10.2. The van der Waals surface area contributed by atoms with E-state index in [0.29, 0.717) is 6.54 Å². The van der Waals surface area contributed by atoms with Crippen LogP contribution in [-0.2, 0) is 24.3 Å². The number of fused-ring (bicyclic) bond motifs is 2. The molecular weight excluding hydrogens is 487 g/mol. The number of alkyl halides is 3. The third-order valence-corrected chi connectivity index (χ3v) is 6.70. The van der Waals surface area contributed by atoms with Crippen molar-refractivity contribution in [1.82, 2.24) is 15.6 Å². The average Bonchev–Trinajstić information content (AvgIpc) is 3.37. The number of amides is 1. The molecule has 11 heteroatoms. The molecule has 0 aliphatic carbocycles. The molecule has 6 nitrogen and oxygen atoms in total. The van der Waals surface area contributed by atoms with Crippen LogP contribution in [0.3, 0.4) is 0 Å². The van der Waals surface area contributed by atoms with Crippen LogP contribution in [0.5, 0.6) is 0 Å². The van der Waals surface area contributed by atoms with Crippen LogP contribution >= 0.6 is 27.3 Å². The third-order valence-electron chi connectivity index (χ3n) is 4.33. The maximum Gasteiger partial charge on any atom is 0.490 e. The van der Waals surface area contributed by atoms with Gasteiger partial charge in [0.2, 0.25) is 0 Å². The summed E-state index contributed by atoms with van der Waals surface area (Å²) < 4.78 is 32.7. The van der Waals surface area contributed by atoms with Gasteiger partial charge in [0, 0.05) is 46.6 Å². The fourth-order valence-corrected chi connectivity index (χ4v) is 4.94. The highest BCUT2D eigenvalue weighted by atomic mass is 79.9. The molecule has 4 rings (SSSR count). The van der Waals surface area contributed by atoms with E-state index < -0.39 is 12.1 Å². The number of aromatic nitrogens is 1. The number of hydrogen-bond donors (Lipinski definition) is 4. The van der Waals surface area contributed by atoms with E-state index in [9.17, 15) is 18.0 Å². The molecule has 0 atom stereocenters. The number of carboxylic acids is 1. The summed E-state index contributed by atoms with van der Waals surface area (Å²) in [7, 11) is 0. The number of carbonyl (C=O) groups excluding carboxylic acids is 1. The van der Waals surface area contributed by atoms with Crippen LogP contribution in [0, 0.1) is 0 Å². The van der Waals surface area contributed by atoms with E-state index >= 15 is 0 Å². The van der Waals surface area contributed by atoms with E-state index in [1.807, 2.05) is 12.1 Å². The van der Waals surface area contributed by atoms with Gasteiger partial charge >= 0.3 is 12.1 Å². The Morgan fingerprint density at radius 2 is 1.93 bits per heavy atom. The second kappa shape index (κ2) is 9.19. The largest absolute Gasteiger partial charge is 0.490 e. The van der Waals surface area contributed by atoms with Crippen molar-refractivity contribution in [3.8, 4) is 0 Å². The van der Waals surface area contributed by atoms with Gasteiger partial charge < -0.3 is 20.7 Å². The van der Waals surface area contributed by atoms with Gasteiger partial charge in [-0.1, -0.05) is 18.2 Å². The van der Waals surface area contributed by atoms with Crippen molar-refractivity contribution in [3.05, 3.63) is 55.8 Å². The number of H-pyrrole nitrogens is 1. The van der Waals surface area contributed by atoms with Crippen LogP contribution in [0.1, 0.15) is 25.8 Å². The highest BCUT2D eigenvalue weighted by Gasteiger charge is 2.38. The van der Waals surface area contributed by atoms with E-state index in [2.05, 4.69) is 49.7 Å². The van der Waals surface area contributed by atoms with E-state index in [-0.39, 0.29) is 5.91 Å². The molecule has 30 heavy (non-hydrogen) atoms. The van der Waals surface area contributed by atoms with Gasteiger partial charge in [0.15, 0.2) is 0 Å². The average molecular weight is 504 g/mol. The smallest absolute Gasteiger partial charge is 0.475 e. The number of rotatable bonds is 4. The Hall–Kier alpha value is -2.37. The van der Waals surface area contributed by atoms with E-state index in [1.165, 1.54) is 15.8 Å². The maximum absolute atomic E-state index is 12.4. The minimum atomic E-state index is -5.08. The first-order valence-corrected chi connectivity index (χ1v) is 10.4. The Labute approximate surface area is 181 Å². The number of halogens is 4. The van der Waals surface area contributed by atoms with Crippen molar-refractivity contribution in [2.24, 2.45) is 0 Å². The first-order chi connectivity index (χ1) is 14.2. The zero-order chi connectivity index (χ0) is 21.9. The Balaban J connectivity index is 0.000000318. The van der Waals surface area contributed by atoms with Crippen molar-refractivity contribution in [1.29, 1.82) is 0 Å². The molecule has 0 saturated heterocycles. The number of para-hydroxylation sites is 1. The first-order valence-electron chi connectivity index (χ1n) is 8.82. The molecule has 0 spiro atoms. The molecule has 3 aromatic rings. The number of thiophene rings is 1. The monoisotopic (exact) mass is 503 g/mol. The summed E-state index contributed by atoms with van der Waals surface area (Å²) in [6.45, 7) is 2.33. The van der Waals surface area contributed by atoms with Gasteiger partial charge in [0.25, 0.3) is 5.91 Å². The molecule has 0 saturated carbocycles. The van der Waals surface area contributed by atoms with Gasteiger partial charge in [0.05, 0.1) is 0 Å². The molecule has 0 radical (unpaired) electrons. The van der Waals surface area contributed by atoms with Crippen LogP contribution in [-0.4, -0.2) is 34.7 Å². The van der Waals surface area contributed by atoms with Gasteiger partial charge in [0.1, 0.15) is 4.88 Å². The van der Waals surface area contributed by atoms with E-state index in [1.54, 1.807) is 11.3 Å². The molecule has 3 heterocycles. The Morgan fingerprint density at radius 3 is 2.57 bits per heavy atom. The Morgan fingerprint density at radius 1 is 1.23 bits per heavy atom. The predicted octanol–water partition coefficient (Wildman–Crippen LogP) is 4.20. The zero-order valence-electron chi connectivity index (χ0n) is 15.4. The van der Waals surface area contributed by atoms with Crippen LogP contribution in [0.2, 0.25) is 0 Å². The summed E-state index contributed by atoms with van der Waals surface area (Å²) >= 11 is 5.14. The molecule has 0 unspecified atom stereocenters. The van der Waals surface area contributed by atoms with Crippen molar-refractivity contribution in [2.75, 3.05) is 6.54 Å². The molecule has 1 aliphatic rings. The minimum absolute atomic E-state index is 0.00684. The molecule has 1 amide bonds. The number of benzene rings is 1. The lowest BCUT2D eigenvalue weighted by molar-refractivity contribution is -0.192.